The lowest BCUT2D eigenvalue weighted by Crippen LogP contribution is -2.13. The van der Waals surface area contributed by atoms with Crippen molar-refractivity contribution in [1.82, 2.24) is 0 Å². The second kappa shape index (κ2) is 5.70. The van der Waals surface area contributed by atoms with Gasteiger partial charge in [-0.15, -0.1) is 0 Å². The third-order valence-electron chi connectivity index (χ3n) is 3.10. The third-order valence-corrected chi connectivity index (χ3v) is 3.10. The predicted octanol–water partition coefficient (Wildman–Crippen LogP) is 2.51. The smallest absolute Gasteiger partial charge is 0.248 e. The van der Waals surface area contributed by atoms with Gasteiger partial charge >= 0.3 is 0 Å². The number of hydrogen-bond acceptors (Lipinski definition) is 4. The zero-order chi connectivity index (χ0) is 15.6. The first-order chi connectivity index (χ1) is 9.88. The Morgan fingerprint density at radius 3 is 2.57 bits per heavy atom. The van der Waals surface area contributed by atoms with Gasteiger partial charge in [-0.2, -0.15) is 0 Å². The number of primary amides is 1. The summed E-state index contributed by atoms with van der Waals surface area (Å²) in [7, 11) is 0. The number of phenolic OH excluding ortho intramolecular Hbond substituents is 2. The van der Waals surface area contributed by atoms with Crippen LogP contribution in [0.1, 0.15) is 28.9 Å². The number of anilines is 1. The van der Waals surface area contributed by atoms with Crippen LogP contribution in [-0.2, 0) is 0 Å². The Hall–Kier alpha value is -2.76. The Labute approximate surface area is 120 Å². The van der Waals surface area contributed by atoms with Gasteiger partial charge in [-0.1, -0.05) is 0 Å². The van der Waals surface area contributed by atoms with Gasteiger partial charge in [-0.3, -0.25) is 4.79 Å². The zero-order valence-corrected chi connectivity index (χ0v) is 11.3. The molecule has 2 aromatic rings. The minimum Gasteiger partial charge on any atom is -0.508 e. The molecule has 0 bridgehead atoms. The predicted molar refractivity (Wildman–Crippen MR) is 76.7 cm³/mol. The topological polar surface area (TPSA) is 95.6 Å². The van der Waals surface area contributed by atoms with E-state index in [0.717, 1.165) is 6.07 Å². The quantitative estimate of drug-likeness (QED) is 0.695. The second-order valence-corrected chi connectivity index (χ2v) is 4.67. The van der Waals surface area contributed by atoms with E-state index in [1.54, 1.807) is 6.92 Å². The molecule has 0 aliphatic rings. The van der Waals surface area contributed by atoms with Gasteiger partial charge in [0.05, 0.1) is 11.7 Å². The van der Waals surface area contributed by atoms with Crippen molar-refractivity contribution < 1.29 is 19.4 Å². The number of nitrogens with two attached hydrogens (primary N) is 1. The van der Waals surface area contributed by atoms with Gasteiger partial charge in [0.1, 0.15) is 17.3 Å². The van der Waals surface area contributed by atoms with E-state index < -0.39 is 17.8 Å². The molecule has 0 saturated carbocycles. The molecule has 0 spiro atoms. The van der Waals surface area contributed by atoms with Crippen molar-refractivity contribution in [2.75, 3.05) is 5.32 Å². The summed E-state index contributed by atoms with van der Waals surface area (Å²) in [6.07, 6.45) is 0. The van der Waals surface area contributed by atoms with E-state index in [2.05, 4.69) is 5.32 Å². The molecule has 0 saturated heterocycles. The molecule has 21 heavy (non-hydrogen) atoms. The molecule has 6 heteroatoms. The molecule has 0 radical (unpaired) electrons. The van der Waals surface area contributed by atoms with Gasteiger partial charge in [0.25, 0.3) is 0 Å². The average Bonchev–Trinajstić information content (AvgIpc) is 2.40. The molecule has 0 fully saturated rings. The minimum atomic E-state index is -0.654. The van der Waals surface area contributed by atoms with Gasteiger partial charge in [-0.25, -0.2) is 4.39 Å². The molecule has 2 rings (SSSR count). The second-order valence-electron chi connectivity index (χ2n) is 4.67. The maximum atomic E-state index is 13.8. The highest BCUT2D eigenvalue weighted by Crippen LogP contribution is 2.30. The summed E-state index contributed by atoms with van der Waals surface area (Å²) in [5.41, 5.74) is 5.93. The first-order valence-corrected chi connectivity index (χ1v) is 6.26. The lowest BCUT2D eigenvalue weighted by Gasteiger charge is -2.18. The van der Waals surface area contributed by atoms with Crippen LogP contribution in [0, 0.1) is 5.82 Å². The minimum absolute atomic E-state index is 0.0645. The van der Waals surface area contributed by atoms with Crippen molar-refractivity contribution in [3.8, 4) is 11.5 Å². The molecule has 1 atom stereocenters. The summed E-state index contributed by atoms with van der Waals surface area (Å²) in [4.78, 5) is 11.1. The molecule has 0 aliphatic heterocycles. The van der Waals surface area contributed by atoms with E-state index in [0.29, 0.717) is 5.56 Å². The van der Waals surface area contributed by atoms with Crippen LogP contribution in [0.25, 0.3) is 0 Å². The maximum absolute atomic E-state index is 13.8. The largest absolute Gasteiger partial charge is 0.508 e. The molecule has 1 unspecified atom stereocenters. The Morgan fingerprint density at radius 2 is 1.95 bits per heavy atom. The third kappa shape index (κ3) is 3.22. The summed E-state index contributed by atoms with van der Waals surface area (Å²) in [6, 6.07) is 7.46. The Bertz CT molecular complexity index is 689. The summed E-state index contributed by atoms with van der Waals surface area (Å²) in [5, 5.41) is 21.9. The van der Waals surface area contributed by atoms with E-state index >= 15 is 0 Å². The normalized spacial score (nSPS) is 11.9. The fraction of sp³-hybridized carbons (Fsp3) is 0.133. The number of rotatable bonds is 4. The first-order valence-electron chi connectivity index (χ1n) is 6.26. The average molecular weight is 290 g/mol. The number of benzene rings is 2. The van der Waals surface area contributed by atoms with Crippen LogP contribution in [0.15, 0.2) is 36.4 Å². The number of nitrogens with one attached hydrogen (secondary N) is 1. The highest BCUT2D eigenvalue weighted by atomic mass is 19.1. The maximum Gasteiger partial charge on any atom is 0.248 e. The number of phenols is 2. The van der Waals surface area contributed by atoms with Crippen LogP contribution >= 0.6 is 0 Å². The van der Waals surface area contributed by atoms with Crippen molar-refractivity contribution in [2.24, 2.45) is 5.73 Å². The number of halogens is 1. The number of carbonyl (C=O) groups is 1. The highest BCUT2D eigenvalue weighted by molar-refractivity contribution is 5.93. The number of carbonyl (C=O) groups excluding carboxylic acids is 1. The summed E-state index contributed by atoms with van der Waals surface area (Å²) in [6.45, 7) is 1.71. The number of amides is 1. The van der Waals surface area contributed by atoms with Gasteiger partial charge in [0.15, 0.2) is 0 Å². The van der Waals surface area contributed by atoms with Crippen molar-refractivity contribution in [2.45, 2.75) is 13.0 Å². The highest BCUT2D eigenvalue weighted by Gasteiger charge is 2.14. The molecule has 1 amide bonds. The van der Waals surface area contributed by atoms with Crippen LogP contribution < -0.4 is 11.1 Å². The van der Waals surface area contributed by atoms with Gasteiger partial charge in [-0.05, 0) is 37.3 Å². The summed E-state index contributed by atoms with van der Waals surface area (Å²) < 4.78 is 13.8. The lowest BCUT2D eigenvalue weighted by molar-refractivity contribution is 0.100. The molecule has 5 N–H and O–H groups in total. The van der Waals surface area contributed by atoms with E-state index in [9.17, 15) is 19.4 Å². The lowest BCUT2D eigenvalue weighted by atomic mass is 10.1. The Kier molecular flexibility index (Phi) is 3.98. The van der Waals surface area contributed by atoms with Crippen LogP contribution in [0.5, 0.6) is 11.5 Å². The van der Waals surface area contributed by atoms with Crippen molar-refractivity contribution in [3.63, 3.8) is 0 Å². The molecule has 0 aromatic heterocycles. The molecular weight excluding hydrogens is 275 g/mol. The van der Waals surface area contributed by atoms with Crippen LogP contribution in [-0.4, -0.2) is 16.1 Å². The molecule has 0 heterocycles. The number of aromatic hydroxyl groups is 2. The van der Waals surface area contributed by atoms with Crippen LogP contribution in [0.3, 0.4) is 0 Å². The zero-order valence-electron chi connectivity index (χ0n) is 11.3. The fourth-order valence-corrected chi connectivity index (χ4v) is 2.00. The Morgan fingerprint density at radius 1 is 1.24 bits per heavy atom. The molecular formula is C15H15FN2O3. The summed E-state index contributed by atoms with van der Waals surface area (Å²) >= 11 is 0. The number of hydrogen-bond donors (Lipinski definition) is 4. The van der Waals surface area contributed by atoms with Gasteiger partial charge < -0.3 is 21.3 Å². The van der Waals surface area contributed by atoms with Crippen LogP contribution in [0.2, 0.25) is 0 Å². The standard InChI is InChI=1S/C15H15FN2O3/c1-8(11-4-3-10(19)7-14(11)20)18-13-6-9(15(17)21)2-5-12(13)16/h2-8,18-20H,1H3,(H2,17,21). The monoisotopic (exact) mass is 290 g/mol. The van der Waals surface area contributed by atoms with Gasteiger partial charge in [0, 0.05) is 17.2 Å². The van der Waals surface area contributed by atoms with Crippen molar-refractivity contribution in [3.05, 3.63) is 53.3 Å². The van der Waals surface area contributed by atoms with Crippen molar-refractivity contribution >= 4 is 11.6 Å². The molecule has 5 nitrogen and oxygen atoms in total. The van der Waals surface area contributed by atoms with E-state index in [1.165, 1.54) is 30.3 Å². The SMILES string of the molecule is CC(Nc1cc(C(N)=O)ccc1F)c1ccc(O)cc1O. The Balaban J connectivity index is 2.28. The van der Waals surface area contributed by atoms with E-state index in [4.69, 9.17) is 5.73 Å². The first kappa shape index (κ1) is 14.6. The molecule has 0 aliphatic carbocycles. The van der Waals surface area contributed by atoms with Crippen molar-refractivity contribution in [1.29, 1.82) is 0 Å². The van der Waals surface area contributed by atoms with Crippen LogP contribution in [0.4, 0.5) is 10.1 Å². The van der Waals surface area contributed by atoms with E-state index in [1.807, 2.05) is 0 Å². The fourth-order valence-electron chi connectivity index (χ4n) is 2.00. The van der Waals surface area contributed by atoms with Gasteiger partial charge in [0.2, 0.25) is 5.91 Å². The summed E-state index contributed by atoms with van der Waals surface area (Å²) in [5.74, 6) is -1.37. The molecule has 110 valence electrons. The van der Waals surface area contributed by atoms with E-state index in [-0.39, 0.29) is 22.7 Å². The molecule has 2 aromatic carbocycles.